The lowest BCUT2D eigenvalue weighted by atomic mass is 10.1. The first-order valence-corrected chi connectivity index (χ1v) is 5.80. The number of benzene rings is 1. The molecule has 2 atom stereocenters. The molecule has 0 saturated carbocycles. The van der Waals surface area contributed by atoms with Crippen molar-refractivity contribution in [3.8, 4) is 0 Å². The lowest BCUT2D eigenvalue weighted by Crippen LogP contribution is -2.31. The van der Waals surface area contributed by atoms with Gasteiger partial charge in [0.15, 0.2) is 0 Å². The van der Waals surface area contributed by atoms with Gasteiger partial charge < -0.3 is 10.5 Å². The highest BCUT2D eigenvalue weighted by atomic mass is 16.5. The molecule has 0 aliphatic carbocycles. The number of ether oxygens (including phenoxy) is 1. The maximum Gasteiger partial charge on any atom is 0.0518 e. The van der Waals surface area contributed by atoms with Crippen LogP contribution in [-0.4, -0.2) is 37.7 Å². The summed E-state index contributed by atoms with van der Waals surface area (Å²) < 4.78 is 5.19. The van der Waals surface area contributed by atoms with Gasteiger partial charge >= 0.3 is 0 Å². The predicted molar refractivity (Wildman–Crippen MR) is 65.1 cm³/mol. The molecule has 0 amide bonds. The highest BCUT2D eigenvalue weighted by Crippen LogP contribution is 2.18. The molecule has 88 valence electrons. The van der Waals surface area contributed by atoms with Gasteiger partial charge in [0, 0.05) is 38.7 Å². The minimum absolute atomic E-state index is 0.253. The fourth-order valence-electron chi connectivity index (χ4n) is 2.35. The van der Waals surface area contributed by atoms with E-state index in [9.17, 15) is 0 Å². The third-order valence-electron chi connectivity index (χ3n) is 3.20. The lowest BCUT2D eigenvalue weighted by molar-refractivity contribution is 0.148. The van der Waals surface area contributed by atoms with E-state index in [2.05, 4.69) is 29.2 Å². The zero-order valence-corrected chi connectivity index (χ0v) is 9.80. The number of hydrogen-bond acceptors (Lipinski definition) is 3. The molecule has 1 aromatic rings. The average molecular weight is 220 g/mol. The molecule has 16 heavy (non-hydrogen) atoms. The number of hydrogen-bond donors (Lipinski definition) is 1. The fourth-order valence-corrected chi connectivity index (χ4v) is 2.35. The molecule has 3 heteroatoms. The first-order valence-electron chi connectivity index (χ1n) is 5.80. The smallest absolute Gasteiger partial charge is 0.0518 e. The first kappa shape index (κ1) is 11.6. The van der Waals surface area contributed by atoms with Gasteiger partial charge in [0.05, 0.1) is 6.61 Å². The maximum absolute atomic E-state index is 6.09. The molecule has 0 spiro atoms. The van der Waals surface area contributed by atoms with Crippen molar-refractivity contribution in [2.75, 3.05) is 26.8 Å². The minimum atomic E-state index is 0.253. The average Bonchev–Trinajstić information content (AvgIpc) is 2.61. The molecule has 1 heterocycles. The topological polar surface area (TPSA) is 38.5 Å². The molecule has 1 saturated heterocycles. The van der Waals surface area contributed by atoms with Crippen molar-refractivity contribution in [1.29, 1.82) is 0 Å². The summed E-state index contributed by atoms with van der Waals surface area (Å²) >= 11 is 0. The molecule has 0 bridgehead atoms. The van der Waals surface area contributed by atoms with Crippen molar-refractivity contribution in [2.24, 2.45) is 11.7 Å². The van der Waals surface area contributed by atoms with Gasteiger partial charge in [-0.15, -0.1) is 0 Å². The third-order valence-corrected chi connectivity index (χ3v) is 3.20. The van der Waals surface area contributed by atoms with Gasteiger partial charge in [-0.2, -0.15) is 0 Å². The van der Waals surface area contributed by atoms with Gasteiger partial charge in [-0.3, -0.25) is 4.90 Å². The van der Waals surface area contributed by atoms with Crippen molar-refractivity contribution >= 4 is 0 Å². The van der Waals surface area contributed by atoms with Crippen LogP contribution >= 0.6 is 0 Å². The second-order valence-corrected chi connectivity index (χ2v) is 4.56. The number of nitrogens with zero attached hydrogens (tertiary/aromatic N) is 1. The van der Waals surface area contributed by atoms with Crippen LogP contribution in [0.15, 0.2) is 30.3 Å². The molecule has 0 radical (unpaired) electrons. The predicted octanol–water partition coefficient (Wildman–Crippen LogP) is 1.09. The van der Waals surface area contributed by atoms with Crippen molar-refractivity contribution in [3.63, 3.8) is 0 Å². The summed E-state index contributed by atoms with van der Waals surface area (Å²) in [7, 11) is 1.74. The van der Waals surface area contributed by atoms with E-state index in [1.54, 1.807) is 7.11 Å². The highest BCUT2D eigenvalue weighted by molar-refractivity contribution is 5.14. The molecule has 1 fully saturated rings. The van der Waals surface area contributed by atoms with Crippen LogP contribution in [0.1, 0.15) is 5.56 Å². The van der Waals surface area contributed by atoms with Crippen LogP contribution < -0.4 is 5.73 Å². The first-order chi connectivity index (χ1) is 7.79. The summed E-state index contributed by atoms with van der Waals surface area (Å²) in [6.45, 7) is 3.79. The van der Waals surface area contributed by atoms with Crippen LogP contribution in [0, 0.1) is 5.92 Å². The molecule has 2 rings (SSSR count). The van der Waals surface area contributed by atoms with Gasteiger partial charge in [0.2, 0.25) is 0 Å². The Morgan fingerprint density at radius 2 is 2.06 bits per heavy atom. The van der Waals surface area contributed by atoms with Gasteiger partial charge in [-0.05, 0) is 5.56 Å². The van der Waals surface area contributed by atoms with Gasteiger partial charge in [0.1, 0.15) is 0 Å². The van der Waals surface area contributed by atoms with Crippen LogP contribution in [0.5, 0.6) is 0 Å². The summed E-state index contributed by atoms with van der Waals surface area (Å²) in [5.74, 6) is 0.480. The Balaban J connectivity index is 1.89. The molecule has 1 aromatic carbocycles. The lowest BCUT2D eigenvalue weighted by Gasteiger charge is -2.15. The Morgan fingerprint density at radius 3 is 2.75 bits per heavy atom. The van der Waals surface area contributed by atoms with Crippen molar-refractivity contribution in [1.82, 2.24) is 4.90 Å². The number of likely N-dealkylation sites (tertiary alicyclic amines) is 1. The Bertz CT molecular complexity index is 315. The second-order valence-electron chi connectivity index (χ2n) is 4.56. The second kappa shape index (κ2) is 5.43. The quantitative estimate of drug-likeness (QED) is 0.825. The van der Waals surface area contributed by atoms with Gasteiger partial charge in [-0.1, -0.05) is 30.3 Å². The molecule has 2 unspecified atom stereocenters. The van der Waals surface area contributed by atoms with E-state index in [1.807, 2.05) is 6.07 Å². The largest absolute Gasteiger partial charge is 0.384 e. The summed E-state index contributed by atoms with van der Waals surface area (Å²) in [6.07, 6.45) is 0. The fraction of sp³-hybridized carbons (Fsp3) is 0.538. The number of rotatable bonds is 4. The minimum Gasteiger partial charge on any atom is -0.384 e. The van der Waals surface area contributed by atoms with Crippen LogP contribution in [0.3, 0.4) is 0 Å². The van der Waals surface area contributed by atoms with E-state index in [-0.39, 0.29) is 6.04 Å². The molecular formula is C13H20N2O. The summed E-state index contributed by atoms with van der Waals surface area (Å²) in [4.78, 5) is 2.41. The summed E-state index contributed by atoms with van der Waals surface area (Å²) in [6, 6.07) is 10.8. The van der Waals surface area contributed by atoms with Crippen molar-refractivity contribution in [3.05, 3.63) is 35.9 Å². The van der Waals surface area contributed by atoms with Crippen LogP contribution in [0.2, 0.25) is 0 Å². The standard InChI is InChI=1S/C13H20N2O/c1-16-10-12-8-15(9-13(12)14)7-11-5-3-2-4-6-11/h2-6,12-13H,7-10,14H2,1H3. The number of nitrogens with two attached hydrogens (primary N) is 1. The van der Waals surface area contributed by atoms with E-state index in [1.165, 1.54) is 5.56 Å². The number of methoxy groups -OCH3 is 1. The molecule has 0 aromatic heterocycles. The van der Waals surface area contributed by atoms with Gasteiger partial charge in [0.25, 0.3) is 0 Å². The molecular weight excluding hydrogens is 200 g/mol. The normalized spacial score (nSPS) is 26.1. The Hall–Kier alpha value is -0.900. The van der Waals surface area contributed by atoms with E-state index >= 15 is 0 Å². The Kier molecular flexibility index (Phi) is 3.93. The van der Waals surface area contributed by atoms with E-state index < -0.39 is 0 Å². The zero-order chi connectivity index (χ0) is 11.4. The highest BCUT2D eigenvalue weighted by Gasteiger charge is 2.29. The molecule has 1 aliphatic rings. The van der Waals surface area contributed by atoms with Gasteiger partial charge in [-0.25, -0.2) is 0 Å². The van der Waals surface area contributed by atoms with Crippen LogP contribution in [-0.2, 0) is 11.3 Å². The van der Waals surface area contributed by atoms with Crippen LogP contribution in [0.4, 0.5) is 0 Å². The zero-order valence-electron chi connectivity index (χ0n) is 9.80. The maximum atomic E-state index is 6.09. The SMILES string of the molecule is COCC1CN(Cc2ccccc2)CC1N. The monoisotopic (exact) mass is 220 g/mol. The summed E-state index contributed by atoms with van der Waals surface area (Å²) in [5, 5.41) is 0. The van der Waals surface area contributed by atoms with Crippen LogP contribution in [0.25, 0.3) is 0 Å². The Labute approximate surface area is 97.2 Å². The summed E-state index contributed by atoms with van der Waals surface area (Å²) in [5.41, 5.74) is 7.44. The van der Waals surface area contributed by atoms with E-state index in [0.717, 1.165) is 26.2 Å². The molecule has 3 nitrogen and oxygen atoms in total. The third kappa shape index (κ3) is 2.82. The van der Waals surface area contributed by atoms with E-state index in [0.29, 0.717) is 5.92 Å². The van der Waals surface area contributed by atoms with E-state index in [4.69, 9.17) is 10.5 Å². The van der Waals surface area contributed by atoms with Crippen molar-refractivity contribution in [2.45, 2.75) is 12.6 Å². The molecule has 1 aliphatic heterocycles. The van der Waals surface area contributed by atoms with Crippen molar-refractivity contribution < 1.29 is 4.74 Å². The Morgan fingerprint density at radius 1 is 1.31 bits per heavy atom. The molecule has 2 N–H and O–H groups in total.